The summed E-state index contributed by atoms with van der Waals surface area (Å²) < 4.78 is 12.7. The van der Waals surface area contributed by atoms with Gasteiger partial charge in [-0.3, -0.25) is 0 Å². The molecule has 0 atom stereocenters. The van der Waals surface area contributed by atoms with Crippen LogP contribution in [-0.4, -0.2) is 30.8 Å². The fourth-order valence-corrected chi connectivity index (χ4v) is 4.49. The van der Waals surface area contributed by atoms with Gasteiger partial charge in [0.25, 0.3) is 0 Å². The van der Waals surface area contributed by atoms with Crippen LogP contribution < -0.4 is 10.5 Å². The van der Waals surface area contributed by atoms with Gasteiger partial charge in [-0.25, -0.2) is 0 Å². The van der Waals surface area contributed by atoms with Gasteiger partial charge in [0.1, 0.15) is 5.75 Å². The van der Waals surface area contributed by atoms with Gasteiger partial charge in [-0.2, -0.15) is 0 Å². The molecule has 0 saturated carbocycles. The van der Waals surface area contributed by atoms with Crippen LogP contribution >= 0.6 is 22.6 Å². The molecule has 1 rings (SSSR count). The summed E-state index contributed by atoms with van der Waals surface area (Å²) in [5.74, 6) is 1.04. The maximum Gasteiger partial charge on any atom is 0.122 e. The molecule has 0 heterocycles. The number of alkyl halides is 1. The van der Waals surface area contributed by atoms with Crippen molar-refractivity contribution in [3.8, 4) is 5.75 Å². The summed E-state index contributed by atoms with van der Waals surface area (Å²) in [5, 5.41) is 0. The van der Waals surface area contributed by atoms with Gasteiger partial charge in [0.05, 0.1) is 6.61 Å². The van der Waals surface area contributed by atoms with Crippen molar-refractivity contribution in [2.75, 3.05) is 30.8 Å². The molecule has 206 valence electrons. The number of aryl methyl sites for hydroxylation is 1. The van der Waals surface area contributed by atoms with Gasteiger partial charge in [0.2, 0.25) is 0 Å². The van der Waals surface area contributed by atoms with Crippen molar-refractivity contribution in [3.63, 3.8) is 0 Å². The molecule has 0 aliphatic heterocycles. The van der Waals surface area contributed by atoms with Crippen molar-refractivity contribution in [3.05, 3.63) is 29.8 Å². The smallest absolute Gasteiger partial charge is 0.122 e. The molecule has 4 heteroatoms. The van der Waals surface area contributed by atoms with Gasteiger partial charge in [-0.1, -0.05) is 131 Å². The van der Waals surface area contributed by atoms with Crippen molar-refractivity contribution in [2.24, 2.45) is 5.73 Å². The highest BCUT2D eigenvalue weighted by molar-refractivity contribution is 14.1. The largest absolute Gasteiger partial charge is 0.493 e. The van der Waals surface area contributed by atoms with Crippen molar-refractivity contribution in [2.45, 2.75) is 129 Å². The van der Waals surface area contributed by atoms with E-state index in [1.807, 2.05) is 6.07 Å². The topological polar surface area (TPSA) is 44.5 Å². The summed E-state index contributed by atoms with van der Waals surface area (Å²) in [7, 11) is 0. The average Bonchev–Trinajstić information content (AvgIpc) is 2.87. The van der Waals surface area contributed by atoms with Crippen LogP contribution in [0.15, 0.2) is 24.3 Å². The van der Waals surface area contributed by atoms with Gasteiger partial charge < -0.3 is 15.2 Å². The zero-order valence-corrected chi connectivity index (χ0v) is 25.5. The maximum absolute atomic E-state index is 5.76. The minimum absolute atomic E-state index is 0.857. The van der Waals surface area contributed by atoms with E-state index in [1.165, 1.54) is 126 Å². The molecular formula is C31H58INO2. The lowest BCUT2D eigenvalue weighted by atomic mass is 10.1. The molecule has 0 unspecified atom stereocenters. The summed E-state index contributed by atoms with van der Waals surface area (Å²) in [4.78, 5) is 0. The predicted molar refractivity (Wildman–Crippen MR) is 164 cm³/mol. The number of unbranched alkanes of at least 4 members (excludes halogenated alkanes) is 15. The summed E-state index contributed by atoms with van der Waals surface area (Å²) in [6.45, 7) is 8.00. The number of nitrogens with two attached hydrogens (primary N) is 1. The van der Waals surface area contributed by atoms with Crippen LogP contribution in [0.1, 0.15) is 128 Å². The number of para-hydroxylation sites is 1. The molecule has 1 aromatic rings. The van der Waals surface area contributed by atoms with Crippen LogP contribution in [0, 0.1) is 6.92 Å². The third kappa shape index (κ3) is 26.5. The van der Waals surface area contributed by atoms with E-state index in [4.69, 9.17) is 15.2 Å². The molecule has 0 amide bonds. The lowest BCUT2D eigenvalue weighted by Crippen LogP contribution is -1.98. The minimum Gasteiger partial charge on any atom is -0.493 e. The highest BCUT2D eigenvalue weighted by Gasteiger charge is 1.97. The zero-order chi connectivity index (χ0) is 25.7. The fraction of sp³-hybridized carbons (Fsp3) is 0.806. The first-order valence-electron chi connectivity index (χ1n) is 14.8. The monoisotopic (exact) mass is 603 g/mol. The second-order valence-corrected chi connectivity index (χ2v) is 10.8. The molecule has 0 aromatic heterocycles. The van der Waals surface area contributed by atoms with E-state index >= 15 is 0 Å². The van der Waals surface area contributed by atoms with E-state index in [1.54, 1.807) is 0 Å². The first-order chi connectivity index (χ1) is 17.3. The van der Waals surface area contributed by atoms with Crippen LogP contribution in [0.25, 0.3) is 0 Å². The van der Waals surface area contributed by atoms with Gasteiger partial charge in [-0.05, 0) is 61.6 Å². The molecule has 2 N–H and O–H groups in total. The van der Waals surface area contributed by atoms with Gasteiger partial charge in [0, 0.05) is 13.2 Å². The number of halogens is 1. The van der Waals surface area contributed by atoms with E-state index in [0.717, 1.165) is 32.1 Å². The molecule has 0 aliphatic carbocycles. The molecule has 1 aromatic carbocycles. The zero-order valence-electron chi connectivity index (χ0n) is 23.3. The van der Waals surface area contributed by atoms with E-state index in [0.29, 0.717) is 0 Å². The third-order valence-corrected chi connectivity index (χ3v) is 7.03. The van der Waals surface area contributed by atoms with Gasteiger partial charge in [-0.15, -0.1) is 0 Å². The summed E-state index contributed by atoms with van der Waals surface area (Å²) >= 11 is 2.45. The molecule has 3 nitrogen and oxygen atoms in total. The first-order valence-corrected chi connectivity index (χ1v) is 16.3. The second kappa shape index (κ2) is 29.9. The maximum atomic E-state index is 5.76. The van der Waals surface area contributed by atoms with E-state index in [9.17, 15) is 0 Å². The number of benzene rings is 1. The van der Waals surface area contributed by atoms with Crippen LogP contribution in [0.3, 0.4) is 0 Å². The van der Waals surface area contributed by atoms with Crippen molar-refractivity contribution in [1.82, 2.24) is 0 Å². The Bertz CT molecular complexity index is 510. The van der Waals surface area contributed by atoms with E-state index in [2.05, 4.69) is 54.6 Å². The standard InChI is InChI=1S/C16H35NO.C15H23IO/c1-2-3-4-12-15-18-16-13-10-8-6-5-7-9-11-14-17;1-14-10-6-7-11-15(14)17-13-9-5-3-2-4-8-12-16/h2-17H2,1H3;6-7,10-11H,2-5,8-9,12-13H2,1H3. The summed E-state index contributed by atoms with van der Waals surface area (Å²) in [5.41, 5.74) is 6.69. The Balaban J connectivity index is 0.000000661. The third-order valence-electron chi connectivity index (χ3n) is 6.26. The van der Waals surface area contributed by atoms with E-state index in [-0.39, 0.29) is 0 Å². The van der Waals surface area contributed by atoms with Crippen molar-refractivity contribution >= 4 is 22.6 Å². The normalized spacial score (nSPS) is 10.7. The Morgan fingerprint density at radius 1 is 0.629 bits per heavy atom. The minimum atomic E-state index is 0.857. The summed E-state index contributed by atoms with van der Waals surface area (Å²) in [6.07, 6.45) is 23.8. The highest BCUT2D eigenvalue weighted by Crippen LogP contribution is 2.17. The molecule has 0 radical (unpaired) electrons. The number of hydrogen-bond acceptors (Lipinski definition) is 3. The Kier molecular flexibility index (Phi) is 29.6. The Morgan fingerprint density at radius 3 is 1.66 bits per heavy atom. The van der Waals surface area contributed by atoms with Crippen LogP contribution in [0.2, 0.25) is 0 Å². The lowest BCUT2D eigenvalue weighted by Gasteiger charge is -2.08. The molecule has 0 bridgehead atoms. The fourth-order valence-electron chi connectivity index (χ4n) is 3.95. The first kappa shape index (κ1) is 34.7. The Morgan fingerprint density at radius 2 is 1.11 bits per heavy atom. The molecule has 35 heavy (non-hydrogen) atoms. The molecule has 0 saturated heterocycles. The lowest BCUT2D eigenvalue weighted by molar-refractivity contribution is 0.125. The molecular weight excluding hydrogens is 545 g/mol. The average molecular weight is 604 g/mol. The highest BCUT2D eigenvalue weighted by atomic mass is 127. The Hall–Kier alpha value is -0.330. The molecule has 0 spiro atoms. The summed E-state index contributed by atoms with van der Waals surface area (Å²) in [6, 6.07) is 8.23. The Labute approximate surface area is 232 Å². The van der Waals surface area contributed by atoms with Gasteiger partial charge >= 0.3 is 0 Å². The second-order valence-electron chi connectivity index (χ2n) is 9.71. The van der Waals surface area contributed by atoms with E-state index < -0.39 is 0 Å². The number of rotatable bonds is 24. The van der Waals surface area contributed by atoms with Crippen molar-refractivity contribution < 1.29 is 9.47 Å². The van der Waals surface area contributed by atoms with Crippen LogP contribution in [0.4, 0.5) is 0 Å². The van der Waals surface area contributed by atoms with Crippen LogP contribution in [-0.2, 0) is 4.74 Å². The SMILES string of the molecule is CCCCCCOCCCCCCCCCCN.Cc1ccccc1OCCCCCCCCI. The number of hydrogen-bond donors (Lipinski definition) is 1. The predicted octanol–water partition coefficient (Wildman–Crippen LogP) is 9.81. The van der Waals surface area contributed by atoms with Crippen molar-refractivity contribution in [1.29, 1.82) is 0 Å². The molecule has 0 aliphatic rings. The molecule has 0 fully saturated rings. The quantitative estimate of drug-likeness (QED) is 0.0727. The van der Waals surface area contributed by atoms with Gasteiger partial charge in [0.15, 0.2) is 0 Å². The number of ether oxygens (including phenoxy) is 2. The van der Waals surface area contributed by atoms with Crippen LogP contribution in [0.5, 0.6) is 5.75 Å².